The Hall–Kier alpha value is -3.39. The average Bonchev–Trinajstić information content (AvgIpc) is 2.98. The van der Waals surface area contributed by atoms with Gasteiger partial charge in [-0.1, -0.05) is 23.7 Å². The number of aromatic nitrogens is 1. The number of aliphatic hydroxyl groups excluding tert-OH is 1. The molecule has 2 atom stereocenters. The Morgan fingerprint density at radius 2 is 1.80 bits per heavy atom. The van der Waals surface area contributed by atoms with Crippen LogP contribution in [0.2, 0.25) is 5.02 Å². The van der Waals surface area contributed by atoms with Crippen molar-refractivity contribution >= 4 is 48.1 Å². The van der Waals surface area contributed by atoms with Crippen molar-refractivity contribution in [2.45, 2.75) is 39.0 Å². The van der Waals surface area contributed by atoms with Crippen LogP contribution in [0.3, 0.4) is 0 Å². The van der Waals surface area contributed by atoms with E-state index in [1.54, 1.807) is 26.0 Å². The topological polar surface area (TPSA) is 149 Å². The number of rotatable bonds is 15. The lowest BCUT2D eigenvalue weighted by Gasteiger charge is -2.30. The third-order valence-electron chi connectivity index (χ3n) is 6.19. The summed E-state index contributed by atoms with van der Waals surface area (Å²) in [6, 6.07) is 8.17. The second kappa shape index (κ2) is 16.6. The maximum absolute atomic E-state index is 13.8. The lowest BCUT2D eigenvalue weighted by Crippen LogP contribution is -2.47. The number of fused-ring (bicyclic) bond motifs is 1. The number of nitrogens with zero attached hydrogens (tertiary/aromatic N) is 2. The molecular weight excluding hydrogens is 625 g/mol. The summed E-state index contributed by atoms with van der Waals surface area (Å²) in [6.07, 6.45) is -0.966. The Morgan fingerprint density at radius 1 is 1.07 bits per heavy atom. The summed E-state index contributed by atoms with van der Waals surface area (Å²) >= 11 is 5.98. The van der Waals surface area contributed by atoms with E-state index in [1.807, 2.05) is 0 Å². The quantitative estimate of drug-likeness (QED) is 0.170. The molecule has 0 aliphatic heterocycles. The number of amides is 3. The highest BCUT2D eigenvalue weighted by Crippen LogP contribution is 2.49. The molecule has 3 aromatic rings. The average molecular weight is 659 g/mol. The van der Waals surface area contributed by atoms with Crippen LogP contribution >= 0.6 is 19.4 Å². The molecule has 0 fully saturated rings. The van der Waals surface area contributed by atoms with Crippen LogP contribution in [0.15, 0.2) is 48.7 Å². The highest BCUT2D eigenvalue weighted by Gasteiger charge is 2.29. The molecule has 3 rings (SSSR count). The first-order chi connectivity index (χ1) is 20.9. The van der Waals surface area contributed by atoms with Gasteiger partial charge in [0.2, 0.25) is 0 Å². The van der Waals surface area contributed by atoms with Crippen LogP contribution in [0.5, 0.6) is 0 Å². The number of halogens is 3. The SMILES string of the molecule is CCOP(=O)(OCC)OCC(O)CC(COC(=O)Nc1cc2cc(F)ccc2cn1)N(C)C(=O)NCc1cccc(F)c1Cl. The molecule has 0 aliphatic carbocycles. The fourth-order valence-corrected chi connectivity index (χ4v) is 5.37. The number of pyridine rings is 1. The van der Waals surface area contributed by atoms with E-state index in [9.17, 15) is 28.0 Å². The van der Waals surface area contributed by atoms with Crippen molar-refractivity contribution in [1.82, 2.24) is 15.2 Å². The number of nitrogens with one attached hydrogen (secondary N) is 2. The van der Waals surface area contributed by atoms with Crippen molar-refractivity contribution in [3.05, 3.63) is 70.9 Å². The van der Waals surface area contributed by atoms with Crippen LogP contribution in [-0.4, -0.2) is 72.7 Å². The number of likely N-dealkylation sites (N-methyl/N-ethyl adjacent to an activating group) is 1. The van der Waals surface area contributed by atoms with Gasteiger partial charge >= 0.3 is 19.9 Å². The number of hydrogen-bond acceptors (Lipinski definition) is 9. The summed E-state index contributed by atoms with van der Waals surface area (Å²) in [5.74, 6) is -1.00. The van der Waals surface area contributed by atoms with Crippen molar-refractivity contribution < 1.29 is 46.3 Å². The van der Waals surface area contributed by atoms with Crippen molar-refractivity contribution in [3.8, 4) is 0 Å². The number of ether oxygens (including phenoxy) is 1. The first kappa shape index (κ1) is 35.1. The van der Waals surface area contributed by atoms with E-state index in [2.05, 4.69) is 15.6 Å². The van der Waals surface area contributed by atoms with Crippen LogP contribution in [0.1, 0.15) is 25.8 Å². The van der Waals surface area contributed by atoms with E-state index < -0.39 is 56.9 Å². The number of anilines is 1. The second-order valence-corrected chi connectivity index (χ2v) is 11.4. The number of carbonyl (C=O) groups is 2. The lowest BCUT2D eigenvalue weighted by molar-refractivity contribution is 0.0353. The molecule has 0 aliphatic rings. The van der Waals surface area contributed by atoms with Gasteiger partial charge in [0.05, 0.1) is 37.0 Å². The first-order valence-corrected chi connectivity index (χ1v) is 15.4. The number of carbonyl (C=O) groups excluding carboxylic acids is 2. The van der Waals surface area contributed by atoms with Gasteiger partial charge in [0, 0.05) is 25.2 Å². The molecule has 0 saturated carbocycles. The van der Waals surface area contributed by atoms with Gasteiger partial charge in [-0.3, -0.25) is 18.9 Å². The molecule has 44 heavy (non-hydrogen) atoms. The van der Waals surface area contributed by atoms with Crippen molar-refractivity contribution in [2.75, 3.05) is 38.8 Å². The Bertz CT molecular complexity index is 1480. The smallest absolute Gasteiger partial charge is 0.447 e. The summed E-state index contributed by atoms with van der Waals surface area (Å²) in [5, 5.41) is 16.7. The van der Waals surface area contributed by atoms with E-state index >= 15 is 0 Å². The van der Waals surface area contributed by atoms with Gasteiger partial charge in [-0.15, -0.1) is 0 Å². The third kappa shape index (κ3) is 10.4. The van der Waals surface area contributed by atoms with E-state index in [0.717, 1.165) is 0 Å². The minimum absolute atomic E-state index is 0.0399. The Kier molecular flexibility index (Phi) is 13.3. The molecule has 3 N–H and O–H groups in total. The summed E-state index contributed by atoms with van der Waals surface area (Å²) < 4.78 is 60.7. The standard InChI is InChI=1S/C28H34ClF2N4O8P/c1-4-41-44(39,42-5-2)43-17-23(36)13-22(35(3)27(37)33-15-19-7-6-8-24(31)26(19)29)16-40-28(38)34-25-12-20-11-21(30)10-9-18(20)14-32-25/h6-12,14,22-23,36H,4-5,13,15-17H2,1-3H3,(H,33,37)(H,32,34,38). The largest absolute Gasteiger partial charge is 0.474 e. The summed E-state index contributed by atoms with van der Waals surface area (Å²) in [6.45, 7) is 2.28. The Labute approximate surface area is 258 Å². The molecule has 240 valence electrons. The van der Waals surface area contributed by atoms with Crippen molar-refractivity contribution in [2.24, 2.45) is 0 Å². The molecule has 1 heterocycles. The number of hydrogen-bond donors (Lipinski definition) is 3. The van der Waals surface area contributed by atoms with Crippen LogP contribution in [0.25, 0.3) is 10.8 Å². The van der Waals surface area contributed by atoms with Gasteiger partial charge in [0.25, 0.3) is 0 Å². The Balaban J connectivity index is 1.68. The zero-order valence-corrected chi connectivity index (χ0v) is 25.9. The van der Waals surface area contributed by atoms with Gasteiger partial charge in [0.15, 0.2) is 0 Å². The molecule has 0 bridgehead atoms. The molecule has 0 spiro atoms. The third-order valence-corrected chi connectivity index (χ3v) is 8.23. The molecule has 1 aromatic heterocycles. The number of aliphatic hydroxyl groups is 1. The van der Waals surface area contributed by atoms with Crippen LogP contribution < -0.4 is 10.6 Å². The first-order valence-electron chi connectivity index (χ1n) is 13.6. The van der Waals surface area contributed by atoms with Gasteiger partial charge in [-0.2, -0.15) is 0 Å². The molecule has 2 unspecified atom stereocenters. The van der Waals surface area contributed by atoms with Gasteiger partial charge < -0.3 is 20.1 Å². The predicted octanol–water partition coefficient (Wildman–Crippen LogP) is 5.87. The molecule has 3 amide bonds. The molecule has 0 radical (unpaired) electrons. The molecule has 12 nitrogen and oxygen atoms in total. The monoisotopic (exact) mass is 658 g/mol. The number of urea groups is 1. The van der Waals surface area contributed by atoms with E-state index in [-0.39, 0.29) is 37.0 Å². The normalized spacial score (nSPS) is 12.9. The fourth-order valence-electron chi connectivity index (χ4n) is 3.96. The van der Waals surface area contributed by atoms with E-state index in [4.69, 9.17) is 29.9 Å². The minimum Gasteiger partial charge on any atom is -0.447 e. The van der Waals surface area contributed by atoms with Crippen LogP contribution in [-0.2, 0) is 29.4 Å². The molecule has 16 heteroatoms. The van der Waals surface area contributed by atoms with E-state index in [1.165, 1.54) is 48.5 Å². The zero-order chi connectivity index (χ0) is 32.3. The van der Waals surface area contributed by atoms with Gasteiger partial charge in [0.1, 0.15) is 24.1 Å². The number of phosphoric acid groups is 1. The molecule has 0 saturated heterocycles. The van der Waals surface area contributed by atoms with Crippen molar-refractivity contribution in [3.63, 3.8) is 0 Å². The summed E-state index contributed by atoms with van der Waals surface area (Å²) in [7, 11) is -2.53. The predicted molar refractivity (Wildman–Crippen MR) is 159 cm³/mol. The fraction of sp³-hybridized carbons (Fsp3) is 0.393. The number of phosphoric ester groups is 1. The minimum atomic E-state index is -3.93. The maximum Gasteiger partial charge on any atom is 0.474 e. The summed E-state index contributed by atoms with van der Waals surface area (Å²) in [4.78, 5) is 30.9. The van der Waals surface area contributed by atoms with Crippen LogP contribution in [0, 0.1) is 11.6 Å². The van der Waals surface area contributed by atoms with Gasteiger partial charge in [-0.25, -0.2) is 27.9 Å². The number of benzene rings is 2. The summed E-state index contributed by atoms with van der Waals surface area (Å²) in [5.41, 5.74) is 0.333. The zero-order valence-electron chi connectivity index (χ0n) is 24.3. The second-order valence-electron chi connectivity index (χ2n) is 9.39. The molecule has 2 aromatic carbocycles. The Morgan fingerprint density at radius 3 is 2.50 bits per heavy atom. The highest BCUT2D eigenvalue weighted by molar-refractivity contribution is 7.48. The highest BCUT2D eigenvalue weighted by atomic mass is 35.5. The van der Waals surface area contributed by atoms with Gasteiger partial charge in [-0.05, 0) is 61.5 Å². The van der Waals surface area contributed by atoms with E-state index in [0.29, 0.717) is 16.3 Å². The maximum atomic E-state index is 13.8. The van der Waals surface area contributed by atoms with Crippen molar-refractivity contribution in [1.29, 1.82) is 0 Å². The lowest BCUT2D eigenvalue weighted by atomic mass is 10.1. The molecular formula is C28H34ClF2N4O8P. The van der Waals surface area contributed by atoms with Crippen LogP contribution in [0.4, 0.5) is 24.2 Å².